The van der Waals surface area contributed by atoms with Gasteiger partial charge < -0.3 is 10.4 Å². The molecule has 5 rings (SSSR count). The van der Waals surface area contributed by atoms with Crippen LogP contribution in [0.15, 0.2) is 59.6 Å². The highest BCUT2D eigenvalue weighted by molar-refractivity contribution is 7.92. The summed E-state index contributed by atoms with van der Waals surface area (Å²) in [5.41, 5.74) is -1.13. The number of sulfone groups is 1. The molecular weight excluding hydrogens is 529 g/mol. The van der Waals surface area contributed by atoms with Gasteiger partial charge in [-0.3, -0.25) is 9.78 Å². The number of rotatable bonds is 5. The number of carbonyl (C=O) groups excluding carboxylic acids is 1. The van der Waals surface area contributed by atoms with Crippen LogP contribution in [0.2, 0.25) is 5.02 Å². The van der Waals surface area contributed by atoms with Gasteiger partial charge in [-0.15, -0.1) is 0 Å². The summed E-state index contributed by atoms with van der Waals surface area (Å²) < 4.78 is 67.6. The van der Waals surface area contributed by atoms with Crippen molar-refractivity contribution in [3.63, 3.8) is 0 Å². The van der Waals surface area contributed by atoms with E-state index in [4.69, 9.17) is 11.6 Å². The zero-order valence-corrected chi connectivity index (χ0v) is 20.9. The van der Waals surface area contributed by atoms with Gasteiger partial charge >= 0.3 is 0 Å². The van der Waals surface area contributed by atoms with Crippen molar-refractivity contribution in [1.82, 2.24) is 4.98 Å². The molecule has 4 atom stereocenters. The van der Waals surface area contributed by atoms with E-state index in [2.05, 4.69) is 10.3 Å². The first-order valence-corrected chi connectivity index (χ1v) is 13.6. The van der Waals surface area contributed by atoms with Crippen LogP contribution < -0.4 is 5.32 Å². The number of fused-ring (bicyclic) bond motifs is 2. The van der Waals surface area contributed by atoms with Crippen LogP contribution in [0.3, 0.4) is 0 Å². The van der Waals surface area contributed by atoms with Gasteiger partial charge in [0, 0.05) is 29.6 Å². The zero-order chi connectivity index (χ0) is 26.5. The largest absolute Gasteiger partial charge is 0.383 e. The lowest BCUT2D eigenvalue weighted by Crippen LogP contribution is -2.46. The van der Waals surface area contributed by atoms with Gasteiger partial charge in [0.2, 0.25) is 0 Å². The second-order valence-corrected chi connectivity index (χ2v) is 12.1. The molecule has 0 radical (unpaired) electrons. The number of aliphatic hydroxyl groups is 1. The monoisotopic (exact) mass is 550 g/mol. The first-order valence-electron chi connectivity index (χ1n) is 11.6. The van der Waals surface area contributed by atoms with Crippen LogP contribution in [0.4, 0.5) is 18.9 Å². The molecule has 0 saturated heterocycles. The van der Waals surface area contributed by atoms with E-state index in [1.807, 2.05) is 0 Å². The number of amides is 1. The van der Waals surface area contributed by atoms with Crippen molar-refractivity contribution in [3.05, 3.63) is 88.5 Å². The Hall–Kier alpha value is -2.95. The molecule has 1 amide bonds. The molecule has 1 unspecified atom stereocenters. The Morgan fingerprint density at radius 2 is 1.68 bits per heavy atom. The predicted molar refractivity (Wildman–Crippen MR) is 130 cm³/mol. The van der Waals surface area contributed by atoms with Crippen LogP contribution in [0.1, 0.15) is 41.7 Å². The van der Waals surface area contributed by atoms with Gasteiger partial charge in [0.25, 0.3) is 5.91 Å². The molecular formula is C26H22ClF3N2O4S. The quantitative estimate of drug-likeness (QED) is 0.423. The second kappa shape index (κ2) is 9.41. The molecule has 2 N–H and O–H groups in total. The fourth-order valence-electron chi connectivity index (χ4n) is 5.65. The fourth-order valence-corrected chi connectivity index (χ4v) is 8.05. The third-order valence-corrected chi connectivity index (χ3v) is 10.1. The van der Waals surface area contributed by atoms with E-state index in [0.717, 1.165) is 6.07 Å². The molecule has 11 heteroatoms. The molecule has 1 heterocycles. The molecule has 0 spiro atoms. The van der Waals surface area contributed by atoms with Gasteiger partial charge in [-0.25, -0.2) is 21.6 Å². The van der Waals surface area contributed by atoms with Crippen LogP contribution in [-0.2, 0) is 15.4 Å². The third kappa shape index (κ3) is 4.41. The Kier molecular flexibility index (Phi) is 6.54. The number of hydrogen-bond acceptors (Lipinski definition) is 5. The van der Waals surface area contributed by atoms with Crippen molar-refractivity contribution in [2.75, 3.05) is 5.32 Å². The summed E-state index contributed by atoms with van der Waals surface area (Å²) in [7, 11) is -4.01. The molecule has 6 nitrogen and oxygen atoms in total. The number of pyridine rings is 1. The smallest absolute Gasteiger partial charge is 0.255 e. The molecule has 3 aromatic rings. The molecule has 2 aliphatic rings. The maximum absolute atomic E-state index is 13.7. The van der Waals surface area contributed by atoms with Crippen LogP contribution in [-0.4, -0.2) is 29.7 Å². The number of aromatic nitrogens is 1. The van der Waals surface area contributed by atoms with Crippen molar-refractivity contribution in [2.24, 2.45) is 11.8 Å². The summed E-state index contributed by atoms with van der Waals surface area (Å²) in [4.78, 5) is 16.8. The summed E-state index contributed by atoms with van der Waals surface area (Å²) in [5.74, 6) is -6.11. The number of benzene rings is 2. The van der Waals surface area contributed by atoms with Crippen LogP contribution in [0.25, 0.3) is 0 Å². The number of anilines is 1. The van der Waals surface area contributed by atoms with Crippen molar-refractivity contribution in [2.45, 2.75) is 41.4 Å². The summed E-state index contributed by atoms with van der Waals surface area (Å²) in [6.45, 7) is 0. The number of carbonyl (C=O) groups is 1. The lowest BCUT2D eigenvalue weighted by atomic mass is 9.72. The van der Waals surface area contributed by atoms with Gasteiger partial charge in [0.15, 0.2) is 27.3 Å². The Labute approximate surface area is 216 Å². The second-order valence-electron chi connectivity index (χ2n) is 9.50. The topological polar surface area (TPSA) is 96.4 Å². The standard InChI is InChI=1S/C26H22ClF3N2O4S/c27-19-7-4-14(25(33)32-17-12-20(28)24(30)21(29)13-17)9-22(19)37(35,36)18-10-15-5-6-16(11-18)26(15,34)23-3-1-2-8-31-23/h1-4,7-9,12-13,15-16,18,34H,5-6,10-11H2,(H,32,33)/t15-,16?,18-,26-/m0/s1. The summed E-state index contributed by atoms with van der Waals surface area (Å²) >= 11 is 6.25. The minimum Gasteiger partial charge on any atom is -0.383 e. The van der Waals surface area contributed by atoms with Gasteiger partial charge in [-0.1, -0.05) is 17.7 Å². The molecule has 2 saturated carbocycles. The Balaban J connectivity index is 1.41. The lowest BCUT2D eigenvalue weighted by Gasteiger charge is -2.42. The van der Waals surface area contributed by atoms with Crippen molar-refractivity contribution in [1.29, 1.82) is 0 Å². The summed E-state index contributed by atoms with van der Waals surface area (Å²) in [5, 5.41) is 12.9. The van der Waals surface area contributed by atoms with E-state index in [0.29, 0.717) is 30.7 Å². The maximum atomic E-state index is 13.7. The number of hydrogen-bond donors (Lipinski definition) is 2. The zero-order valence-electron chi connectivity index (χ0n) is 19.3. The Morgan fingerprint density at radius 3 is 2.27 bits per heavy atom. The number of nitrogens with zero attached hydrogens (tertiary/aromatic N) is 1. The van der Waals surface area contributed by atoms with Gasteiger partial charge in [-0.05, 0) is 67.9 Å². The van der Waals surface area contributed by atoms with Crippen LogP contribution in [0.5, 0.6) is 0 Å². The van der Waals surface area contributed by atoms with Crippen LogP contribution in [0, 0.1) is 29.3 Å². The van der Waals surface area contributed by atoms with E-state index in [9.17, 15) is 31.5 Å². The van der Waals surface area contributed by atoms with Gasteiger partial charge in [0.1, 0.15) is 5.60 Å². The SMILES string of the molecule is O=C(Nc1cc(F)c(F)c(F)c1)c1ccc(Cl)c(S(=O)(=O)[C@@H]2CC3CC[C@@H](C2)[C@@]3(O)c2ccccn2)c1. The Bertz CT molecular complexity index is 1450. The van der Waals surface area contributed by atoms with Crippen molar-refractivity contribution < 1.29 is 31.5 Å². The van der Waals surface area contributed by atoms with E-state index >= 15 is 0 Å². The molecule has 2 bridgehead atoms. The normalized spacial score (nSPS) is 25.2. The maximum Gasteiger partial charge on any atom is 0.255 e. The van der Waals surface area contributed by atoms with Crippen molar-refractivity contribution >= 4 is 33.0 Å². The minimum absolute atomic E-state index is 0.0756. The highest BCUT2D eigenvalue weighted by Gasteiger charge is 2.57. The lowest BCUT2D eigenvalue weighted by molar-refractivity contribution is -0.0682. The molecule has 2 aromatic carbocycles. The number of nitrogens with one attached hydrogen (secondary N) is 1. The van der Waals surface area contributed by atoms with Gasteiger partial charge in [-0.2, -0.15) is 0 Å². The molecule has 1 aromatic heterocycles. The minimum atomic E-state index is -4.01. The third-order valence-electron chi connectivity index (χ3n) is 7.46. The average Bonchev–Trinajstić information content (AvgIpc) is 3.04. The molecule has 2 fully saturated rings. The highest BCUT2D eigenvalue weighted by atomic mass is 35.5. The van der Waals surface area contributed by atoms with E-state index < -0.39 is 44.0 Å². The average molecular weight is 551 g/mol. The molecule has 194 valence electrons. The first kappa shape index (κ1) is 25.7. The van der Waals surface area contributed by atoms with E-state index in [1.54, 1.807) is 24.4 Å². The fraction of sp³-hybridized carbons (Fsp3) is 0.308. The first-order chi connectivity index (χ1) is 17.5. The Morgan fingerprint density at radius 1 is 1.03 bits per heavy atom. The summed E-state index contributed by atoms with van der Waals surface area (Å²) in [6, 6.07) is 10.2. The number of halogens is 4. The van der Waals surface area contributed by atoms with Gasteiger partial charge in [0.05, 0.1) is 20.9 Å². The summed E-state index contributed by atoms with van der Waals surface area (Å²) in [6.07, 6.45) is 3.32. The van der Waals surface area contributed by atoms with Crippen molar-refractivity contribution in [3.8, 4) is 0 Å². The molecule has 37 heavy (non-hydrogen) atoms. The molecule has 0 aliphatic heterocycles. The predicted octanol–water partition coefficient (Wildman–Crippen LogP) is 5.25. The van der Waals surface area contributed by atoms with E-state index in [-0.39, 0.29) is 45.8 Å². The highest BCUT2D eigenvalue weighted by Crippen LogP contribution is 2.56. The van der Waals surface area contributed by atoms with E-state index in [1.165, 1.54) is 12.1 Å². The molecule has 2 aliphatic carbocycles. The van der Waals surface area contributed by atoms with Crippen LogP contribution >= 0.6 is 11.6 Å².